The Morgan fingerprint density at radius 2 is 1.76 bits per heavy atom. The lowest BCUT2D eigenvalue weighted by Crippen LogP contribution is -2.42. The number of thioether (sulfide) groups is 2. The van der Waals surface area contributed by atoms with E-state index in [2.05, 4.69) is 0 Å². The Labute approximate surface area is 179 Å². The van der Waals surface area contributed by atoms with E-state index >= 15 is 0 Å². The third-order valence-corrected chi connectivity index (χ3v) is 6.03. The maximum absolute atomic E-state index is 14.1. The van der Waals surface area contributed by atoms with E-state index in [1.807, 2.05) is 12.3 Å². The minimum atomic E-state index is -0.385. The Morgan fingerprint density at radius 3 is 2.41 bits per heavy atom. The minimum Gasteiger partial charge on any atom is -0.394 e. The maximum Gasteiger partial charge on any atom is 0.224 e. The average molecular weight is 436 g/mol. The number of halogens is 1. The van der Waals surface area contributed by atoms with E-state index in [4.69, 9.17) is 0 Å². The molecule has 0 heterocycles. The summed E-state index contributed by atoms with van der Waals surface area (Å²) in [5.74, 6) is 0.552. The van der Waals surface area contributed by atoms with Crippen molar-refractivity contribution in [1.29, 1.82) is 0 Å². The molecule has 1 amide bonds. The summed E-state index contributed by atoms with van der Waals surface area (Å²) in [5.41, 5.74) is 1.01. The van der Waals surface area contributed by atoms with Crippen molar-refractivity contribution in [3.8, 4) is 0 Å². The van der Waals surface area contributed by atoms with Crippen LogP contribution in [0.3, 0.4) is 0 Å². The second kappa shape index (κ2) is 12.7. The van der Waals surface area contributed by atoms with Gasteiger partial charge in [-0.15, -0.1) is 0 Å². The molecule has 0 aliphatic rings. The molecule has 4 nitrogen and oxygen atoms in total. The highest BCUT2D eigenvalue weighted by molar-refractivity contribution is 8.14. The van der Waals surface area contributed by atoms with E-state index in [-0.39, 0.29) is 42.5 Å². The second-order valence-electron chi connectivity index (χ2n) is 6.48. The molecule has 0 unspecified atom stereocenters. The molecule has 0 bridgehead atoms. The number of rotatable bonds is 11. The molecule has 2 aromatic rings. The summed E-state index contributed by atoms with van der Waals surface area (Å²) < 4.78 is 14.1. The molecule has 156 valence electrons. The van der Waals surface area contributed by atoms with Crippen LogP contribution in [-0.4, -0.2) is 51.4 Å². The van der Waals surface area contributed by atoms with Crippen LogP contribution in [0.5, 0.6) is 0 Å². The Hall–Kier alpha value is -1.83. The van der Waals surface area contributed by atoms with Gasteiger partial charge in [-0.1, -0.05) is 60.3 Å². The van der Waals surface area contributed by atoms with Crippen molar-refractivity contribution in [2.45, 2.75) is 25.4 Å². The number of hydrogen-bond donors (Lipinski definition) is 1. The second-order valence-corrected chi connectivity index (χ2v) is 8.54. The zero-order valence-electron chi connectivity index (χ0n) is 16.4. The van der Waals surface area contributed by atoms with Gasteiger partial charge in [0.15, 0.2) is 0 Å². The van der Waals surface area contributed by atoms with Crippen LogP contribution in [0, 0.1) is 5.82 Å². The van der Waals surface area contributed by atoms with E-state index in [1.54, 1.807) is 59.1 Å². The molecule has 2 rings (SSSR count). The molecule has 0 saturated heterocycles. The molecule has 0 aliphatic carbocycles. The fourth-order valence-electron chi connectivity index (χ4n) is 2.86. The number of aliphatic hydroxyl groups is 1. The van der Waals surface area contributed by atoms with Gasteiger partial charge < -0.3 is 10.0 Å². The van der Waals surface area contributed by atoms with Crippen molar-refractivity contribution >= 4 is 34.5 Å². The van der Waals surface area contributed by atoms with Crippen LogP contribution in [0.25, 0.3) is 0 Å². The van der Waals surface area contributed by atoms with E-state index in [0.717, 1.165) is 17.5 Å². The summed E-state index contributed by atoms with van der Waals surface area (Å²) in [6.07, 6.45) is 2.73. The van der Waals surface area contributed by atoms with Crippen LogP contribution >= 0.6 is 23.5 Å². The zero-order chi connectivity index (χ0) is 21.1. The molecule has 0 aromatic heterocycles. The van der Waals surface area contributed by atoms with Crippen molar-refractivity contribution in [3.05, 3.63) is 71.5 Å². The Balaban J connectivity index is 2.03. The van der Waals surface area contributed by atoms with Crippen LogP contribution in [0.1, 0.15) is 28.8 Å². The van der Waals surface area contributed by atoms with Gasteiger partial charge in [-0.2, -0.15) is 11.8 Å². The molecule has 1 atom stereocenters. The Bertz CT molecular complexity index is 789. The van der Waals surface area contributed by atoms with Gasteiger partial charge in [-0.3, -0.25) is 9.59 Å². The zero-order valence-corrected chi connectivity index (χ0v) is 18.1. The number of hydrogen-bond acceptors (Lipinski definition) is 5. The normalized spacial score (nSPS) is 11.8. The van der Waals surface area contributed by atoms with E-state index in [1.165, 1.54) is 6.07 Å². The number of carbonyl (C=O) groups excluding carboxylic acids is 2. The first-order chi connectivity index (χ1) is 14.1. The molecule has 29 heavy (non-hydrogen) atoms. The van der Waals surface area contributed by atoms with Gasteiger partial charge >= 0.3 is 0 Å². The van der Waals surface area contributed by atoms with Gasteiger partial charge in [-0.25, -0.2) is 4.39 Å². The summed E-state index contributed by atoms with van der Waals surface area (Å²) in [5, 5.41) is 9.74. The number of benzene rings is 2. The largest absolute Gasteiger partial charge is 0.394 e. The number of aliphatic hydroxyl groups excluding tert-OH is 1. The van der Waals surface area contributed by atoms with Gasteiger partial charge in [0.25, 0.3) is 0 Å². The molecular weight excluding hydrogens is 409 g/mol. The topological polar surface area (TPSA) is 57.6 Å². The smallest absolute Gasteiger partial charge is 0.224 e. The van der Waals surface area contributed by atoms with Crippen LogP contribution in [-0.2, 0) is 11.3 Å². The van der Waals surface area contributed by atoms with Crippen molar-refractivity contribution in [1.82, 2.24) is 4.90 Å². The first kappa shape index (κ1) is 23.4. The number of amides is 1. The van der Waals surface area contributed by atoms with Gasteiger partial charge in [-0.05, 0) is 24.5 Å². The van der Waals surface area contributed by atoms with Crippen molar-refractivity contribution in [3.63, 3.8) is 0 Å². The van der Waals surface area contributed by atoms with E-state index < -0.39 is 0 Å². The summed E-state index contributed by atoms with van der Waals surface area (Å²) in [6.45, 7) is -0.0841. The fourth-order valence-corrected chi connectivity index (χ4v) is 4.14. The standard InChI is InChI=1S/C22H26FNO3S2/c1-28-13-11-19(16-25)24(15-18-9-5-6-10-20(18)23)21(26)12-14-29-22(27)17-7-3-2-4-8-17/h2-10,19,25H,11-16H2,1H3/t19-/m0/s1. The predicted octanol–water partition coefficient (Wildman–Crippen LogP) is 4.23. The highest BCUT2D eigenvalue weighted by atomic mass is 32.2. The highest BCUT2D eigenvalue weighted by Crippen LogP contribution is 2.19. The molecule has 7 heteroatoms. The Morgan fingerprint density at radius 1 is 1.07 bits per heavy atom. The number of nitrogens with zero attached hydrogens (tertiary/aromatic N) is 1. The molecule has 0 spiro atoms. The van der Waals surface area contributed by atoms with E-state index in [0.29, 0.717) is 23.3 Å². The fraction of sp³-hybridized carbons (Fsp3) is 0.364. The lowest BCUT2D eigenvalue weighted by molar-refractivity contribution is -0.134. The van der Waals surface area contributed by atoms with Crippen molar-refractivity contribution in [2.75, 3.05) is 24.4 Å². The first-order valence-electron chi connectivity index (χ1n) is 9.41. The average Bonchev–Trinajstić information content (AvgIpc) is 2.75. The molecule has 1 N–H and O–H groups in total. The van der Waals surface area contributed by atoms with Crippen LogP contribution in [0.15, 0.2) is 54.6 Å². The van der Waals surface area contributed by atoms with Crippen molar-refractivity contribution < 1.29 is 19.1 Å². The van der Waals surface area contributed by atoms with Gasteiger partial charge in [0.05, 0.1) is 12.6 Å². The van der Waals surface area contributed by atoms with Gasteiger partial charge in [0.1, 0.15) is 5.82 Å². The molecule has 0 fully saturated rings. The molecule has 2 aromatic carbocycles. The number of carbonyl (C=O) groups is 2. The summed E-state index contributed by atoms with van der Waals surface area (Å²) >= 11 is 2.73. The Kier molecular flexibility index (Phi) is 10.2. The quantitative estimate of drug-likeness (QED) is 0.572. The summed E-state index contributed by atoms with van der Waals surface area (Å²) in [6, 6.07) is 14.9. The minimum absolute atomic E-state index is 0.0832. The molecule has 0 aliphatic heterocycles. The third-order valence-electron chi connectivity index (χ3n) is 4.48. The SMILES string of the molecule is CSCC[C@@H](CO)N(Cc1ccccc1F)C(=O)CCSC(=O)c1ccccc1. The first-order valence-corrected chi connectivity index (χ1v) is 11.8. The molecular formula is C22H26FNO3S2. The lowest BCUT2D eigenvalue weighted by atomic mass is 10.1. The predicted molar refractivity (Wildman–Crippen MR) is 119 cm³/mol. The van der Waals surface area contributed by atoms with E-state index in [9.17, 15) is 19.1 Å². The maximum atomic E-state index is 14.1. The van der Waals surface area contributed by atoms with Gasteiger partial charge in [0.2, 0.25) is 11.0 Å². The highest BCUT2D eigenvalue weighted by Gasteiger charge is 2.24. The molecule has 0 radical (unpaired) electrons. The van der Waals surface area contributed by atoms with Crippen LogP contribution < -0.4 is 0 Å². The monoisotopic (exact) mass is 435 g/mol. The summed E-state index contributed by atoms with van der Waals surface area (Å²) in [7, 11) is 0. The van der Waals surface area contributed by atoms with Crippen LogP contribution in [0.4, 0.5) is 4.39 Å². The third kappa shape index (κ3) is 7.49. The molecule has 0 saturated carbocycles. The lowest BCUT2D eigenvalue weighted by Gasteiger charge is -2.31. The van der Waals surface area contributed by atoms with Gasteiger partial charge in [0, 0.05) is 29.8 Å². The van der Waals surface area contributed by atoms with Crippen LogP contribution in [0.2, 0.25) is 0 Å². The van der Waals surface area contributed by atoms with Crippen molar-refractivity contribution in [2.24, 2.45) is 0 Å². The summed E-state index contributed by atoms with van der Waals surface area (Å²) in [4.78, 5) is 26.7.